The number of nitrogens with zero attached hydrogens (tertiary/aromatic N) is 2. The fraction of sp³-hybridized carbons (Fsp3) is 0.353. The van der Waals surface area contributed by atoms with Crippen LogP contribution in [-0.2, 0) is 9.53 Å². The van der Waals surface area contributed by atoms with Gasteiger partial charge in [0, 0.05) is 11.3 Å². The standard InChI is InChI=1S/C17H18N2O2/c1-3-13-6-4-8-15(10-13)19-16(20)11-18(2)17(19)14-7-5-9-21-12-14/h1,4,6-8,10,17H,5,9,11-12H2,2H3/t17-/m1/s1. The highest BCUT2D eigenvalue weighted by atomic mass is 16.5. The van der Waals surface area contributed by atoms with Gasteiger partial charge >= 0.3 is 0 Å². The van der Waals surface area contributed by atoms with E-state index < -0.39 is 0 Å². The Balaban J connectivity index is 1.99. The highest BCUT2D eigenvalue weighted by Gasteiger charge is 2.39. The molecule has 2 aliphatic rings. The van der Waals surface area contributed by atoms with Crippen molar-refractivity contribution >= 4 is 11.6 Å². The lowest BCUT2D eigenvalue weighted by Gasteiger charge is -2.31. The molecule has 0 bridgehead atoms. The number of benzene rings is 1. The molecule has 0 unspecified atom stereocenters. The van der Waals surface area contributed by atoms with Crippen LogP contribution in [0.25, 0.3) is 0 Å². The highest BCUT2D eigenvalue weighted by molar-refractivity contribution is 5.98. The van der Waals surface area contributed by atoms with Crippen LogP contribution in [0.3, 0.4) is 0 Å². The molecule has 0 N–H and O–H groups in total. The van der Waals surface area contributed by atoms with Crippen molar-refractivity contribution in [2.75, 3.05) is 31.7 Å². The molecule has 21 heavy (non-hydrogen) atoms. The summed E-state index contributed by atoms with van der Waals surface area (Å²) in [6, 6.07) is 7.56. The van der Waals surface area contributed by atoms with E-state index in [0.717, 1.165) is 29.9 Å². The Morgan fingerprint density at radius 2 is 2.29 bits per heavy atom. The second kappa shape index (κ2) is 5.72. The van der Waals surface area contributed by atoms with Gasteiger partial charge in [0.05, 0.1) is 19.8 Å². The van der Waals surface area contributed by atoms with Crippen LogP contribution in [0.2, 0.25) is 0 Å². The van der Waals surface area contributed by atoms with Crippen molar-refractivity contribution < 1.29 is 9.53 Å². The van der Waals surface area contributed by atoms with Crippen molar-refractivity contribution in [3.8, 4) is 12.3 Å². The minimum Gasteiger partial charge on any atom is -0.377 e. The van der Waals surface area contributed by atoms with Gasteiger partial charge in [-0.3, -0.25) is 14.6 Å². The molecule has 0 aliphatic carbocycles. The number of likely N-dealkylation sites (N-methyl/N-ethyl adjacent to an activating group) is 1. The SMILES string of the molecule is C#Cc1cccc(N2C(=O)CN(C)[C@H]2C2=CCCOC2)c1. The second-order valence-electron chi connectivity index (χ2n) is 5.37. The lowest BCUT2D eigenvalue weighted by Crippen LogP contribution is -2.41. The molecule has 1 fully saturated rings. The van der Waals surface area contributed by atoms with E-state index in [9.17, 15) is 4.79 Å². The Kier molecular flexibility index (Phi) is 3.78. The molecule has 0 saturated carbocycles. The molecule has 0 spiro atoms. The molecule has 2 heterocycles. The summed E-state index contributed by atoms with van der Waals surface area (Å²) in [5.74, 6) is 2.71. The maximum atomic E-state index is 12.4. The summed E-state index contributed by atoms with van der Waals surface area (Å²) >= 11 is 0. The van der Waals surface area contributed by atoms with E-state index in [0.29, 0.717) is 13.2 Å². The molecule has 4 heteroatoms. The number of terminal acetylenes is 1. The molecule has 0 radical (unpaired) electrons. The number of carbonyl (C=O) groups excluding carboxylic acids is 1. The lowest BCUT2D eigenvalue weighted by molar-refractivity contribution is -0.116. The Morgan fingerprint density at radius 1 is 1.43 bits per heavy atom. The van der Waals surface area contributed by atoms with Crippen LogP contribution >= 0.6 is 0 Å². The number of rotatable bonds is 2. The maximum absolute atomic E-state index is 12.4. The van der Waals surface area contributed by atoms with E-state index >= 15 is 0 Å². The monoisotopic (exact) mass is 282 g/mol. The van der Waals surface area contributed by atoms with Crippen LogP contribution in [-0.4, -0.2) is 43.8 Å². The molecule has 1 saturated heterocycles. The van der Waals surface area contributed by atoms with Crippen molar-refractivity contribution in [3.05, 3.63) is 41.5 Å². The minimum atomic E-state index is -0.0779. The summed E-state index contributed by atoms with van der Waals surface area (Å²) in [5.41, 5.74) is 2.76. The van der Waals surface area contributed by atoms with Crippen LogP contribution in [0.5, 0.6) is 0 Å². The van der Waals surface area contributed by atoms with Crippen molar-refractivity contribution in [2.45, 2.75) is 12.6 Å². The van der Waals surface area contributed by atoms with Crippen LogP contribution < -0.4 is 4.90 Å². The van der Waals surface area contributed by atoms with Crippen LogP contribution in [0.1, 0.15) is 12.0 Å². The smallest absolute Gasteiger partial charge is 0.242 e. The van der Waals surface area contributed by atoms with Gasteiger partial charge < -0.3 is 4.74 Å². The number of anilines is 1. The molecule has 1 aromatic carbocycles. The summed E-state index contributed by atoms with van der Waals surface area (Å²) in [6.45, 7) is 1.73. The van der Waals surface area contributed by atoms with Crippen LogP contribution in [0.4, 0.5) is 5.69 Å². The zero-order valence-corrected chi connectivity index (χ0v) is 12.1. The first-order valence-corrected chi connectivity index (χ1v) is 7.06. The quantitative estimate of drug-likeness (QED) is 0.610. The number of carbonyl (C=O) groups is 1. The molecular formula is C17H18N2O2. The van der Waals surface area contributed by atoms with Crippen molar-refractivity contribution in [3.63, 3.8) is 0 Å². The van der Waals surface area contributed by atoms with Gasteiger partial charge in [-0.15, -0.1) is 6.42 Å². The average molecular weight is 282 g/mol. The third-order valence-corrected chi connectivity index (χ3v) is 3.88. The predicted octanol–water partition coefficient (Wildman–Crippen LogP) is 1.62. The molecule has 2 aliphatic heterocycles. The van der Waals surface area contributed by atoms with Crippen LogP contribution in [0, 0.1) is 12.3 Å². The first-order chi connectivity index (χ1) is 10.2. The minimum absolute atomic E-state index is 0.0779. The topological polar surface area (TPSA) is 32.8 Å². The van der Waals surface area contributed by atoms with Crippen molar-refractivity contribution in [1.29, 1.82) is 0 Å². The van der Waals surface area contributed by atoms with E-state index in [1.165, 1.54) is 0 Å². The summed E-state index contributed by atoms with van der Waals surface area (Å²) in [6.07, 6.45) is 8.46. The van der Waals surface area contributed by atoms with Gasteiger partial charge in [0.1, 0.15) is 6.17 Å². The number of hydrogen-bond acceptors (Lipinski definition) is 3. The fourth-order valence-electron chi connectivity index (χ4n) is 2.95. The second-order valence-corrected chi connectivity index (χ2v) is 5.37. The normalized spacial score (nSPS) is 23.0. The summed E-state index contributed by atoms with van der Waals surface area (Å²) in [4.78, 5) is 16.3. The Morgan fingerprint density at radius 3 is 3.00 bits per heavy atom. The number of hydrogen-bond donors (Lipinski definition) is 0. The highest BCUT2D eigenvalue weighted by Crippen LogP contribution is 2.29. The van der Waals surface area contributed by atoms with E-state index in [-0.39, 0.29) is 12.1 Å². The molecule has 1 atom stereocenters. The summed E-state index contributed by atoms with van der Waals surface area (Å²) < 4.78 is 5.54. The van der Waals surface area contributed by atoms with E-state index in [2.05, 4.69) is 12.0 Å². The molecule has 0 aromatic heterocycles. The Labute approximate surface area is 125 Å². The zero-order chi connectivity index (χ0) is 14.8. The number of ether oxygens (including phenoxy) is 1. The Hall–Kier alpha value is -2.09. The van der Waals surface area contributed by atoms with Crippen molar-refractivity contribution in [2.24, 2.45) is 0 Å². The third kappa shape index (κ3) is 2.58. The van der Waals surface area contributed by atoms with Gasteiger partial charge in [-0.05, 0) is 37.2 Å². The number of amides is 1. The van der Waals surface area contributed by atoms with Gasteiger partial charge in [0.2, 0.25) is 5.91 Å². The van der Waals surface area contributed by atoms with Gasteiger partial charge in [-0.25, -0.2) is 0 Å². The largest absolute Gasteiger partial charge is 0.377 e. The molecule has 108 valence electrons. The molecule has 1 aromatic rings. The Bertz CT molecular complexity index is 630. The first kappa shape index (κ1) is 13.9. The van der Waals surface area contributed by atoms with E-state index in [1.807, 2.05) is 41.1 Å². The first-order valence-electron chi connectivity index (χ1n) is 7.06. The fourth-order valence-corrected chi connectivity index (χ4v) is 2.95. The average Bonchev–Trinajstić information content (AvgIpc) is 2.82. The molecule has 4 nitrogen and oxygen atoms in total. The predicted molar refractivity (Wildman–Crippen MR) is 81.8 cm³/mol. The molecular weight excluding hydrogens is 264 g/mol. The summed E-state index contributed by atoms with van der Waals surface area (Å²) in [7, 11) is 1.96. The van der Waals surface area contributed by atoms with Crippen molar-refractivity contribution in [1.82, 2.24) is 4.90 Å². The third-order valence-electron chi connectivity index (χ3n) is 3.88. The van der Waals surface area contributed by atoms with Gasteiger partial charge in [0.25, 0.3) is 0 Å². The lowest BCUT2D eigenvalue weighted by atomic mass is 10.1. The van der Waals surface area contributed by atoms with E-state index in [1.54, 1.807) is 0 Å². The zero-order valence-electron chi connectivity index (χ0n) is 12.1. The molecule has 3 rings (SSSR count). The van der Waals surface area contributed by atoms with E-state index in [4.69, 9.17) is 11.2 Å². The van der Waals surface area contributed by atoms with Gasteiger partial charge in [-0.2, -0.15) is 0 Å². The van der Waals surface area contributed by atoms with Crippen LogP contribution in [0.15, 0.2) is 35.9 Å². The summed E-state index contributed by atoms with van der Waals surface area (Å²) in [5, 5.41) is 0. The van der Waals surface area contributed by atoms with Gasteiger partial charge in [0.15, 0.2) is 0 Å². The molecule has 1 amide bonds. The maximum Gasteiger partial charge on any atom is 0.242 e. The van der Waals surface area contributed by atoms with Gasteiger partial charge in [-0.1, -0.05) is 18.1 Å².